The van der Waals surface area contributed by atoms with Gasteiger partial charge in [-0.1, -0.05) is 0 Å². The van der Waals surface area contributed by atoms with Gasteiger partial charge in [0.05, 0.1) is 21.3 Å². The van der Waals surface area contributed by atoms with E-state index in [1.54, 1.807) is 21.3 Å². The molecule has 0 spiro atoms. The van der Waals surface area contributed by atoms with Crippen LogP contribution < -0.4 is 29.0 Å². The molecular formula is C19H23NO5. The maximum absolute atomic E-state index is 5.67. The highest BCUT2D eigenvalue weighted by atomic mass is 16.6. The minimum Gasteiger partial charge on any atom is -0.497 e. The Morgan fingerprint density at radius 3 is 2.44 bits per heavy atom. The molecule has 0 amide bonds. The predicted molar refractivity (Wildman–Crippen MR) is 94.1 cm³/mol. The van der Waals surface area contributed by atoms with Gasteiger partial charge >= 0.3 is 0 Å². The largest absolute Gasteiger partial charge is 0.497 e. The van der Waals surface area contributed by atoms with Gasteiger partial charge < -0.3 is 29.0 Å². The van der Waals surface area contributed by atoms with Crippen LogP contribution in [0.3, 0.4) is 0 Å². The third-order valence-corrected chi connectivity index (χ3v) is 4.02. The third-order valence-electron chi connectivity index (χ3n) is 4.02. The molecule has 2 aromatic carbocycles. The Morgan fingerprint density at radius 1 is 0.880 bits per heavy atom. The summed E-state index contributed by atoms with van der Waals surface area (Å²) in [6.45, 7) is 2.40. The van der Waals surface area contributed by atoms with E-state index < -0.39 is 0 Å². The van der Waals surface area contributed by atoms with Crippen molar-refractivity contribution >= 4 is 0 Å². The number of fused-ring (bicyclic) bond motifs is 1. The van der Waals surface area contributed by atoms with Gasteiger partial charge in [0.1, 0.15) is 24.7 Å². The summed E-state index contributed by atoms with van der Waals surface area (Å²) in [7, 11) is 4.95. The maximum atomic E-state index is 5.67. The van der Waals surface area contributed by atoms with E-state index in [4.69, 9.17) is 23.7 Å². The quantitative estimate of drug-likeness (QED) is 0.833. The summed E-state index contributed by atoms with van der Waals surface area (Å²) in [5.41, 5.74) is 2.09. The Balaban J connectivity index is 1.70. The first-order chi connectivity index (χ1) is 12.2. The molecule has 0 atom stereocenters. The lowest BCUT2D eigenvalue weighted by molar-refractivity contribution is 0.165. The molecule has 0 aliphatic carbocycles. The van der Waals surface area contributed by atoms with Crippen LogP contribution in [-0.2, 0) is 13.1 Å². The van der Waals surface area contributed by atoms with Crippen LogP contribution in [0.2, 0.25) is 0 Å². The van der Waals surface area contributed by atoms with Crippen LogP contribution in [0.25, 0.3) is 0 Å². The van der Waals surface area contributed by atoms with Crippen molar-refractivity contribution < 1.29 is 23.7 Å². The Hall–Kier alpha value is -2.60. The summed E-state index contributed by atoms with van der Waals surface area (Å²) in [6, 6.07) is 9.70. The van der Waals surface area contributed by atoms with Crippen molar-refractivity contribution in [2.45, 2.75) is 13.1 Å². The molecule has 0 bridgehead atoms. The van der Waals surface area contributed by atoms with E-state index >= 15 is 0 Å². The molecule has 2 aromatic rings. The van der Waals surface area contributed by atoms with Crippen LogP contribution in [0, 0.1) is 0 Å². The van der Waals surface area contributed by atoms with Crippen LogP contribution in [0.15, 0.2) is 30.3 Å². The lowest BCUT2D eigenvalue weighted by Crippen LogP contribution is -2.17. The SMILES string of the molecule is COc1ccc(OC)c(CNCc2cc(OC)c3c(c2)OCCO3)c1. The van der Waals surface area contributed by atoms with Gasteiger partial charge in [0.15, 0.2) is 11.5 Å². The normalized spacial score (nSPS) is 12.6. The van der Waals surface area contributed by atoms with Gasteiger partial charge in [-0.15, -0.1) is 0 Å². The summed E-state index contributed by atoms with van der Waals surface area (Å²) >= 11 is 0. The molecular weight excluding hydrogens is 322 g/mol. The fraction of sp³-hybridized carbons (Fsp3) is 0.368. The molecule has 6 nitrogen and oxygen atoms in total. The fourth-order valence-corrected chi connectivity index (χ4v) is 2.79. The van der Waals surface area contributed by atoms with Crippen molar-refractivity contribution in [1.29, 1.82) is 0 Å². The molecule has 6 heteroatoms. The van der Waals surface area contributed by atoms with E-state index in [1.807, 2.05) is 30.3 Å². The number of methoxy groups -OCH3 is 3. The van der Waals surface area contributed by atoms with Gasteiger partial charge in [0.2, 0.25) is 5.75 Å². The summed E-state index contributed by atoms with van der Waals surface area (Å²) in [5, 5.41) is 3.41. The van der Waals surface area contributed by atoms with E-state index in [0.717, 1.165) is 28.4 Å². The highest BCUT2D eigenvalue weighted by Gasteiger charge is 2.18. The zero-order valence-corrected chi connectivity index (χ0v) is 14.8. The summed E-state index contributed by atoms with van der Waals surface area (Å²) in [4.78, 5) is 0. The van der Waals surface area contributed by atoms with Gasteiger partial charge in [-0.05, 0) is 35.9 Å². The Morgan fingerprint density at radius 2 is 1.68 bits per heavy atom. The summed E-state index contributed by atoms with van der Waals surface area (Å²) < 4.78 is 27.4. The van der Waals surface area contributed by atoms with Gasteiger partial charge in [0.25, 0.3) is 0 Å². The maximum Gasteiger partial charge on any atom is 0.203 e. The molecule has 1 heterocycles. The van der Waals surface area contributed by atoms with Crippen molar-refractivity contribution in [3.63, 3.8) is 0 Å². The van der Waals surface area contributed by atoms with Crippen LogP contribution >= 0.6 is 0 Å². The van der Waals surface area contributed by atoms with Crippen LogP contribution in [-0.4, -0.2) is 34.5 Å². The first-order valence-corrected chi connectivity index (χ1v) is 8.13. The van der Waals surface area contributed by atoms with E-state index in [0.29, 0.717) is 37.8 Å². The topological polar surface area (TPSA) is 58.2 Å². The summed E-state index contributed by atoms with van der Waals surface area (Å²) in [6.07, 6.45) is 0. The Labute approximate surface area is 147 Å². The van der Waals surface area contributed by atoms with Crippen molar-refractivity contribution in [3.8, 4) is 28.7 Å². The molecule has 0 saturated carbocycles. The summed E-state index contributed by atoms with van der Waals surface area (Å²) in [5.74, 6) is 3.72. The van der Waals surface area contributed by atoms with Crippen LogP contribution in [0.4, 0.5) is 0 Å². The molecule has 1 aliphatic rings. The molecule has 0 saturated heterocycles. The number of hydrogen-bond donors (Lipinski definition) is 1. The lowest BCUT2D eigenvalue weighted by Gasteiger charge is -2.21. The minimum atomic E-state index is 0.538. The lowest BCUT2D eigenvalue weighted by atomic mass is 10.1. The monoisotopic (exact) mass is 345 g/mol. The van der Waals surface area contributed by atoms with Gasteiger partial charge in [-0.25, -0.2) is 0 Å². The second-order valence-electron chi connectivity index (χ2n) is 5.60. The highest BCUT2D eigenvalue weighted by Crippen LogP contribution is 2.40. The van der Waals surface area contributed by atoms with Crippen LogP contribution in [0.5, 0.6) is 28.7 Å². The third kappa shape index (κ3) is 3.91. The van der Waals surface area contributed by atoms with Crippen molar-refractivity contribution in [2.75, 3.05) is 34.5 Å². The van der Waals surface area contributed by atoms with E-state index in [2.05, 4.69) is 5.32 Å². The molecule has 1 N–H and O–H groups in total. The first-order valence-electron chi connectivity index (χ1n) is 8.13. The predicted octanol–water partition coefficient (Wildman–Crippen LogP) is 2.77. The molecule has 3 rings (SSSR count). The Kier molecular flexibility index (Phi) is 5.50. The molecule has 1 aliphatic heterocycles. The average Bonchev–Trinajstić information content (AvgIpc) is 2.67. The van der Waals surface area contributed by atoms with Crippen LogP contribution in [0.1, 0.15) is 11.1 Å². The zero-order valence-electron chi connectivity index (χ0n) is 14.8. The smallest absolute Gasteiger partial charge is 0.203 e. The molecule has 0 unspecified atom stereocenters. The Bertz CT molecular complexity index is 715. The van der Waals surface area contributed by atoms with Gasteiger partial charge in [-0.2, -0.15) is 0 Å². The van der Waals surface area contributed by atoms with E-state index in [9.17, 15) is 0 Å². The number of rotatable bonds is 7. The average molecular weight is 345 g/mol. The number of nitrogens with one attached hydrogen (secondary N) is 1. The van der Waals surface area contributed by atoms with Crippen molar-refractivity contribution in [3.05, 3.63) is 41.5 Å². The van der Waals surface area contributed by atoms with Crippen molar-refractivity contribution in [2.24, 2.45) is 0 Å². The molecule has 0 radical (unpaired) electrons. The van der Waals surface area contributed by atoms with E-state index in [1.165, 1.54) is 0 Å². The number of benzene rings is 2. The van der Waals surface area contributed by atoms with Crippen molar-refractivity contribution in [1.82, 2.24) is 5.32 Å². The first kappa shape index (κ1) is 17.2. The number of hydrogen-bond acceptors (Lipinski definition) is 6. The second-order valence-corrected chi connectivity index (χ2v) is 5.60. The van der Waals surface area contributed by atoms with Gasteiger partial charge in [-0.3, -0.25) is 0 Å². The standard InChI is InChI=1S/C19H23NO5/c1-21-15-4-5-16(22-2)14(10-15)12-20-11-13-8-17(23-3)19-18(9-13)24-6-7-25-19/h4-5,8-10,20H,6-7,11-12H2,1-3H3. The minimum absolute atomic E-state index is 0.538. The van der Waals surface area contributed by atoms with E-state index in [-0.39, 0.29) is 0 Å². The number of ether oxygens (including phenoxy) is 5. The van der Waals surface area contributed by atoms with Gasteiger partial charge in [0, 0.05) is 18.7 Å². The highest BCUT2D eigenvalue weighted by molar-refractivity contribution is 5.54. The fourth-order valence-electron chi connectivity index (χ4n) is 2.79. The second kappa shape index (κ2) is 7.98. The molecule has 0 fully saturated rings. The molecule has 134 valence electrons. The zero-order chi connectivity index (χ0) is 17.6. The molecule has 0 aromatic heterocycles. The molecule has 25 heavy (non-hydrogen) atoms.